The largest absolute Gasteiger partial charge is 0.463 e. The van der Waals surface area contributed by atoms with Crippen LogP contribution in [0.15, 0.2) is 28.9 Å². The lowest BCUT2D eigenvalue weighted by atomic mass is 10.2. The van der Waals surface area contributed by atoms with E-state index in [2.05, 4.69) is 11.8 Å². The molecule has 0 bridgehead atoms. The van der Waals surface area contributed by atoms with E-state index in [1.807, 2.05) is 12.1 Å². The SMILES string of the molecule is CCN(Cc1ccc(Cl)s1)Cc1ccoc1C(=O)OC. The molecule has 0 radical (unpaired) electrons. The van der Waals surface area contributed by atoms with Crippen LogP contribution >= 0.6 is 22.9 Å². The number of halogens is 1. The molecule has 0 aliphatic carbocycles. The molecule has 0 unspecified atom stereocenters. The van der Waals surface area contributed by atoms with Crippen LogP contribution < -0.4 is 0 Å². The monoisotopic (exact) mass is 313 g/mol. The molecule has 2 aromatic rings. The molecule has 0 atom stereocenters. The summed E-state index contributed by atoms with van der Waals surface area (Å²) >= 11 is 7.51. The summed E-state index contributed by atoms with van der Waals surface area (Å²) in [5, 5.41) is 0. The van der Waals surface area contributed by atoms with Crippen LogP contribution in [0.1, 0.15) is 27.9 Å². The van der Waals surface area contributed by atoms with E-state index in [1.54, 1.807) is 17.4 Å². The van der Waals surface area contributed by atoms with Crippen molar-refractivity contribution >= 4 is 28.9 Å². The van der Waals surface area contributed by atoms with E-state index in [0.717, 1.165) is 23.0 Å². The maximum absolute atomic E-state index is 11.6. The van der Waals surface area contributed by atoms with Crippen LogP contribution in [0.4, 0.5) is 0 Å². The normalized spacial score (nSPS) is 11.0. The van der Waals surface area contributed by atoms with Gasteiger partial charge in [0.05, 0.1) is 17.7 Å². The first-order valence-corrected chi connectivity index (χ1v) is 7.44. The van der Waals surface area contributed by atoms with Crippen molar-refractivity contribution in [2.24, 2.45) is 0 Å². The van der Waals surface area contributed by atoms with Crippen molar-refractivity contribution in [3.63, 3.8) is 0 Å². The molecule has 2 rings (SSSR count). The number of ether oxygens (including phenoxy) is 1. The van der Waals surface area contributed by atoms with Crippen molar-refractivity contribution in [3.8, 4) is 0 Å². The highest BCUT2D eigenvalue weighted by Crippen LogP contribution is 2.24. The average molecular weight is 314 g/mol. The number of hydrogen-bond acceptors (Lipinski definition) is 5. The van der Waals surface area contributed by atoms with Gasteiger partial charge in [-0.25, -0.2) is 4.79 Å². The zero-order valence-corrected chi connectivity index (χ0v) is 13.0. The molecule has 0 N–H and O–H groups in total. The van der Waals surface area contributed by atoms with Crippen molar-refractivity contribution in [1.29, 1.82) is 0 Å². The van der Waals surface area contributed by atoms with Crippen molar-refractivity contribution in [2.75, 3.05) is 13.7 Å². The molecule has 4 nitrogen and oxygen atoms in total. The van der Waals surface area contributed by atoms with Gasteiger partial charge in [-0.05, 0) is 24.7 Å². The van der Waals surface area contributed by atoms with Gasteiger partial charge in [0, 0.05) is 23.5 Å². The van der Waals surface area contributed by atoms with Crippen molar-refractivity contribution in [2.45, 2.75) is 20.0 Å². The van der Waals surface area contributed by atoms with Crippen LogP contribution in [0.2, 0.25) is 4.34 Å². The molecule has 2 aromatic heterocycles. The summed E-state index contributed by atoms with van der Waals surface area (Å²) in [6.45, 7) is 4.36. The Hall–Kier alpha value is -1.30. The van der Waals surface area contributed by atoms with Gasteiger partial charge in [0.25, 0.3) is 0 Å². The van der Waals surface area contributed by atoms with Gasteiger partial charge >= 0.3 is 5.97 Å². The molecule has 108 valence electrons. The molecular formula is C14H16ClNO3S. The van der Waals surface area contributed by atoms with E-state index in [4.69, 9.17) is 20.8 Å². The third kappa shape index (κ3) is 3.62. The molecule has 0 saturated heterocycles. The molecule has 0 aliphatic heterocycles. The molecule has 6 heteroatoms. The second-order valence-corrected chi connectivity index (χ2v) is 6.08. The quantitative estimate of drug-likeness (QED) is 0.761. The fourth-order valence-corrected chi connectivity index (χ4v) is 3.04. The van der Waals surface area contributed by atoms with E-state index in [0.29, 0.717) is 6.54 Å². The highest BCUT2D eigenvalue weighted by molar-refractivity contribution is 7.16. The van der Waals surface area contributed by atoms with Gasteiger partial charge in [-0.1, -0.05) is 18.5 Å². The predicted octanol–water partition coefficient (Wildman–Crippen LogP) is 3.80. The number of hydrogen-bond donors (Lipinski definition) is 0. The summed E-state index contributed by atoms with van der Waals surface area (Å²) < 4.78 is 10.7. The van der Waals surface area contributed by atoms with E-state index >= 15 is 0 Å². The smallest absolute Gasteiger partial charge is 0.374 e. The van der Waals surface area contributed by atoms with E-state index in [1.165, 1.54) is 18.3 Å². The lowest BCUT2D eigenvalue weighted by Gasteiger charge is -2.19. The molecule has 0 aromatic carbocycles. The van der Waals surface area contributed by atoms with Gasteiger partial charge in [0.2, 0.25) is 5.76 Å². The fraction of sp³-hybridized carbons (Fsp3) is 0.357. The Morgan fingerprint density at radius 2 is 2.20 bits per heavy atom. The second-order valence-electron chi connectivity index (χ2n) is 4.28. The minimum Gasteiger partial charge on any atom is -0.463 e. The summed E-state index contributed by atoms with van der Waals surface area (Å²) in [7, 11) is 1.35. The Morgan fingerprint density at radius 3 is 2.80 bits per heavy atom. The minimum absolute atomic E-state index is 0.273. The van der Waals surface area contributed by atoms with E-state index < -0.39 is 5.97 Å². The Bertz CT molecular complexity index is 578. The fourth-order valence-electron chi connectivity index (χ4n) is 1.91. The van der Waals surface area contributed by atoms with Crippen LogP contribution in [-0.4, -0.2) is 24.5 Å². The molecular weight excluding hydrogens is 298 g/mol. The molecule has 0 aliphatic rings. The number of nitrogens with zero attached hydrogens (tertiary/aromatic N) is 1. The summed E-state index contributed by atoms with van der Waals surface area (Å²) in [6.07, 6.45) is 1.51. The van der Waals surface area contributed by atoms with Crippen LogP contribution in [0.5, 0.6) is 0 Å². The zero-order chi connectivity index (χ0) is 14.5. The molecule has 20 heavy (non-hydrogen) atoms. The first-order chi connectivity index (χ1) is 9.63. The summed E-state index contributed by atoms with van der Waals surface area (Å²) in [6, 6.07) is 5.72. The van der Waals surface area contributed by atoms with Gasteiger partial charge in [0.1, 0.15) is 0 Å². The Balaban J connectivity index is 2.06. The topological polar surface area (TPSA) is 42.7 Å². The third-order valence-corrected chi connectivity index (χ3v) is 4.18. The molecule has 0 saturated carbocycles. The van der Waals surface area contributed by atoms with Crippen molar-refractivity contribution in [1.82, 2.24) is 4.90 Å². The molecule has 0 fully saturated rings. The average Bonchev–Trinajstić information content (AvgIpc) is 3.06. The highest BCUT2D eigenvalue weighted by Gasteiger charge is 2.18. The number of carbonyl (C=O) groups is 1. The second kappa shape index (κ2) is 6.92. The van der Waals surface area contributed by atoms with Gasteiger partial charge in [-0.15, -0.1) is 11.3 Å². The van der Waals surface area contributed by atoms with Gasteiger partial charge in [0.15, 0.2) is 0 Å². The van der Waals surface area contributed by atoms with Crippen LogP contribution in [-0.2, 0) is 17.8 Å². The highest BCUT2D eigenvalue weighted by atomic mass is 35.5. The summed E-state index contributed by atoms with van der Waals surface area (Å²) in [4.78, 5) is 15.0. The van der Waals surface area contributed by atoms with Crippen molar-refractivity contribution in [3.05, 3.63) is 45.0 Å². The van der Waals surface area contributed by atoms with Crippen LogP contribution in [0, 0.1) is 0 Å². The maximum atomic E-state index is 11.6. The van der Waals surface area contributed by atoms with E-state index in [-0.39, 0.29) is 5.76 Å². The predicted molar refractivity (Wildman–Crippen MR) is 79.2 cm³/mol. The Morgan fingerprint density at radius 1 is 1.40 bits per heavy atom. The molecule has 2 heterocycles. The number of carbonyl (C=O) groups excluding carboxylic acids is 1. The number of methoxy groups -OCH3 is 1. The number of esters is 1. The summed E-state index contributed by atoms with van der Waals surface area (Å²) in [5.74, 6) is -0.171. The Labute approximate surface area is 126 Å². The van der Waals surface area contributed by atoms with Crippen LogP contribution in [0.25, 0.3) is 0 Å². The maximum Gasteiger partial charge on any atom is 0.374 e. The van der Waals surface area contributed by atoms with Crippen molar-refractivity contribution < 1.29 is 13.9 Å². The first kappa shape index (κ1) is 15.1. The van der Waals surface area contributed by atoms with Crippen LogP contribution in [0.3, 0.4) is 0 Å². The number of thiophene rings is 1. The minimum atomic E-state index is -0.444. The summed E-state index contributed by atoms with van der Waals surface area (Å²) in [5.41, 5.74) is 0.835. The molecule has 0 amide bonds. The molecule has 0 spiro atoms. The zero-order valence-electron chi connectivity index (χ0n) is 11.4. The van der Waals surface area contributed by atoms with Gasteiger partial charge in [-0.2, -0.15) is 0 Å². The number of furan rings is 1. The lowest BCUT2D eigenvalue weighted by molar-refractivity contribution is 0.0561. The third-order valence-electron chi connectivity index (χ3n) is 2.97. The van der Waals surface area contributed by atoms with Gasteiger partial charge < -0.3 is 9.15 Å². The number of rotatable bonds is 6. The van der Waals surface area contributed by atoms with E-state index in [9.17, 15) is 4.79 Å². The van der Waals surface area contributed by atoms with Gasteiger partial charge in [-0.3, -0.25) is 4.90 Å². The Kier molecular flexibility index (Phi) is 5.23. The first-order valence-electron chi connectivity index (χ1n) is 6.25. The lowest BCUT2D eigenvalue weighted by Crippen LogP contribution is -2.22. The standard InChI is InChI=1S/C14H16ClNO3S/c1-3-16(9-11-4-5-12(15)20-11)8-10-6-7-19-13(10)14(17)18-2/h4-7H,3,8-9H2,1-2H3.